The van der Waals surface area contributed by atoms with Crippen LogP contribution in [0.3, 0.4) is 0 Å². The Labute approximate surface area is 206 Å². The normalized spacial score (nSPS) is 10.4. The molecule has 172 valence electrons. The van der Waals surface area contributed by atoms with E-state index in [0.29, 0.717) is 26.7 Å². The van der Waals surface area contributed by atoms with Gasteiger partial charge in [0.05, 0.1) is 21.4 Å². The molecule has 0 aliphatic carbocycles. The van der Waals surface area contributed by atoms with Crippen molar-refractivity contribution >= 4 is 46.8 Å². The van der Waals surface area contributed by atoms with Crippen molar-refractivity contribution in [3.63, 3.8) is 0 Å². The minimum absolute atomic E-state index is 0.446. The smallest absolute Gasteiger partial charge is 0.219 e. The highest BCUT2D eigenvalue weighted by Crippen LogP contribution is 2.30. The highest BCUT2D eigenvalue weighted by Gasteiger charge is 2.08. The number of hydrogen-bond donors (Lipinski definition) is 1. The second-order valence-electron chi connectivity index (χ2n) is 6.28. The van der Waals surface area contributed by atoms with E-state index in [0.717, 1.165) is 54.7 Å². The first-order valence-corrected chi connectivity index (χ1v) is 11.8. The first kappa shape index (κ1) is 26.6. The lowest BCUT2D eigenvalue weighted by Crippen LogP contribution is -1.99. The van der Waals surface area contributed by atoms with E-state index in [1.165, 1.54) is 0 Å². The summed E-state index contributed by atoms with van der Waals surface area (Å²) >= 11 is 19.3. The number of aryl methyl sites for hydroxylation is 3. The van der Waals surface area contributed by atoms with Crippen LogP contribution in [0.1, 0.15) is 30.3 Å². The molecule has 3 aromatic rings. The first-order valence-electron chi connectivity index (χ1n) is 9.55. The van der Waals surface area contributed by atoms with Gasteiger partial charge < -0.3 is 4.74 Å². The summed E-state index contributed by atoms with van der Waals surface area (Å²) in [6, 6.07) is 8.89. The Kier molecular flexibility index (Phi) is 12.0. The molecule has 32 heavy (non-hydrogen) atoms. The van der Waals surface area contributed by atoms with Crippen LogP contribution in [0.4, 0.5) is 0 Å². The lowest BCUT2D eigenvalue weighted by atomic mass is 10.1. The second kappa shape index (κ2) is 14.5. The van der Waals surface area contributed by atoms with Crippen molar-refractivity contribution in [1.82, 2.24) is 15.0 Å². The zero-order valence-electron chi connectivity index (χ0n) is 17.4. The molecule has 0 aliphatic heterocycles. The summed E-state index contributed by atoms with van der Waals surface area (Å²) < 4.78 is 9.50. The molecule has 0 fully saturated rings. The molecule has 2 aromatic heterocycles. The lowest BCUT2D eigenvalue weighted by molar-refractivity contribution is -0.432. The molecule has 1 N–H and O–H groups in total. The average Bonchev–Trinajstić information content (AvgIpc) is 2.79. The Morgan fingerprint density at radius 2 is 1.78 bits per heavy atom. The van der Waals surface area contributed by atoms with Gasteiger partial charge in [0.2, 0.25) is 5.88 Å². The zero-order chi connectivity index (χ0) is 23.3. The van der Waals surface area contributed by atoms with Crippen LogP contribution >= 0.6 is 46.8 Å². The standard InChI is InChI=1S/C20H18Cl3N3O.CH4O3S/c1-2-16-20(23)17(26-12-25-16)5-3-4-13-6-9-19(24-11-13)27-18-8-7-14(21)10-15(18)22;1-5-4-3-2/h6-12H,2-5H2,1H3;2H,1H3. The molecule has 0 saturated heterocycles. The topological polar surface area (TPSA) is 86.6 Å². The summed E-state index contributed by atoms with van der Waals surface area (Å²) in [6.07, 6.45) is 8.40. The van der Waals surface area contributed by atoms with Crippen molar-refractivity contribution < 1.29 is 19.4 Å². The number of rotatable bonds is 9. The van der Waals surface area contributed by atoms with Crippen LogP contribution in [0.15, 0.2) is 42.9 Å². The van der Waals surface area contributed by atoms with Gasteiger partial charge in [0.25, 0.3) is 0 Å². The van der Waals surface area contributed by atoms with E-state index >= 15 is 0 Å². The third-order valence-electron chi connectivity index (χ3n) is 4.15. The van der Waals surface area contributed by atoms with Gasteiger partial charge in [-0.3, -0.25) is 0 Å². The molecule has 11 heteroatoms. The number of aromatic nitrogens is 3. The first-order chi connectivity index (χ1) is 15.5. The van der Waals surface area contributed by atoms with Crippen molar-refractivity contribution in [2.75, 3.05) is 6.26 Å². The molecule has 0 aliphatic rings. The predicted octanol–water partition coefficient (Wildman–Crippen LogP) is 7.05. The molecule has 0 amide bonds. The molecule has 0 bridgehead atoms. The maximum absolute atomic E-state index is 7.32. The Hall–Kier alpha value is -1.65. The molecule has 0 unspecified atom stereocenters. The fraction of sp³-hybridized carbons (Fsp3) is 0.286. The summed E-state index contributed by atoms with van der Waals surface area (Å²) in [5.41, 5.74) is 2.91. The monoisotopic (exact) mass is 517 g/mol. The Balaban J connectivity index is 0.000000654. The number of pyridine rings is 1. The van der Waals surface area contributed by atoms with Gasteiger partial charge in [-0.15, -0.1) is 4.33 Å². The van der Waals surface area contributed by atoms with Crippen LogP contribution in [0.25, 0.3) is 0 Å². The van der Waals surface area contributed by atoms with Gasteiger partial charge in [0.15, 0.2) is 0 Å². The fourth-order valence-electron chi connectivity index (χ4n) is 2.65. The van der Waals surface area contributed by atoms with E-state index < -0.39 is 0 Å². The minimum atomic E-state index is 0.446. The van der Waals surface area contributed by atoms with Crippen LogP contribution < -0.4 is 4.74 Å². The largest absolute Gasteiger partial charge is 0.437 e. The van der Waals surface area contributed by atoms with Crippen molar-refractivity contribution in [1.29, 1.82) is 0 Å². The molecule has 0 spiro atoms. The van der Waals surface area contributed by atoms with E-state index in [1.807, 2.05) is 19.1 Å². The van der Waals surface area contributed by atoms with E-state index in [1.54, 1.807) is 37.0 Å². The van der Waals surface area contributed by atoms with Crippen LogP contribution in [-0.2, 0) is 28.6 Å². The fourth-order valence-corrected chi connectivity index (χ4v) is 3.48. The summed E-state index contributed by atoms with van der Waals surface area (Å²) in [5, 5.41) is 12.2. The van der Waals surface area contributed by atoms with Crippen molar-refractivity contribution in [2.24, 2.45) is 0 Å². The number of ether oxygens (including phenoxy) is 1. The number of halogens is 3. The highest BCUT2D eigenvalue weighted by molar-refractivity contribution is 7.93. The van der Waals surface area contributed by atoms with Gasteiger partial charge >= 0.3 is 0 Å². The molecule has 0 atom stereocenters. The predicted molar refractivity (Wildman–Crippen MR) is 128 cm³/mol. The quantitative estimate of drug-likeness (QED) is 0.183. The van der Waals surface area contributed by atoms with E-state index in [9.17, 15) is 0 Å². The van der Waals surface area contributed by atoms with Crippen LogP contribution in [-0.4, -0.2) is 26.5 Å². The number of benzene rings is 1. The summed E-state index contributed by atoms with van der Waals surface area (Å²) in [4.78, 5) is 12.8. The van der Waals surface area contributed by atoms with Gasteiger partial charge in [-0.05, 0) is 49.4 Å². The number of hydrogen-bond acceptors (Lipinski definition) is 8. The Morgan fingerprint density at radius 1 is 1.00 bits per heavy atom. The molecular weight excluding hydrogens is 497 g/mol. The zero-order valence-corrected chi connectivity index (χ0v) is 20.5. The van der Waals surface area contributed by atoms with Crippen molar-refractivity contribution in [3.05, 3.63) is 74.9 Å². The molecular formula is C21H22Cl3N3O4S. The highest BCUT2D eigenvalue weighted by atomic mass is 35.5. The maximum Gasteiger partial charge on any atom is 0.219 e. The third kappa shape index (κ3) is 8.71. The SMILES string of the molecule is CCc1ncnc(CCCc2ccc(Oc3ccc(Cl)cc3Cl)nc2)c1Cl.CSOOO. The van der Waals surface area contributed by atoms with Gasteiger partial charge in [-0.2, -0.15) is 0 Å². The van der Waals surface area contributed by atoms with Crippen molar-refractivity contribution in [2.45, 2.75) is 32.6 Å². The number of nitrogens with zero attached hydrogens (tertiary/aromatic N) is 3. The van der Waals surface area contributed by atoms with Crippen LogP contribution in [0.2, 0.25) is 15.1 Å². The van der Waals surface area contributed by atoms with Crippen LogP contribution in [0, 0.1) is 0 Å². The minimum Gasteiger partial charge on any atom is -0.437 e. The summed E-state index contributed by atoms with van der Waals surface area (Å²) in [5.74, 6) is 1.00. The Morgan fingerprint density at radius 3 is 2.38 bits per heavy atom. The van der Waals surface area contributed by atoms with Gasteiger partial charge in [-0.25, -0.2) is 20.2 Å². The Bertz CT molecular complexity index is 979. The van der Waals surface area contributed by atoms with Gasteiger partial charge in [-0.1, -0.05) is 52.8 Å². The molecule has 0 radical (unpaired) electrons. The van der Waals surface area contributed by atoms with E-state index in [4.69, 9.17) is 44.8 Å². The molecule has 0 saturated carbocycles. The summed E-state index contributed by atoms with van der Waals surface area (Å²) in [7, 11) is 0. The van der Waals surface area contributed by atoms with E-state index in [2.05, 4.69) is 24.3 Å². The van der Waals surface area contributed by atoms with Gasteiger partial charge in [0.1, 0.15) is 12.1 Å². The molecule has 1 aromatic carbocycles. The second-order valence-corrected chi connectivity index (χ2v) is 7.97. The van der Waals surface area contributed by atoms with E-state index in [-0.39, 0.29) is 0 Å². The average molecular weight is 519 g/mol. The van der Waals surface area contributed by atoms with Gasteiger partial charge in [0, 0.05) is 35.6 Å². The maximum atomic E-state index is 7.32. The summed E-state index contributed by atoms with van der Waals surface area (Å²) in [6.45, 7) is 2.03. The molecule has 7 nitrogen and oxygen atoms in total. The molecule has 2 heterocycles. The van der Waals surface area contributed by atoms with Crippen LogP contribution in [0.5, 0.6) is 11.6 Å². The molecule has 3 rings (SSSR count). The van der Waals surface area contributed by atoms with Crippen molar-refractivity contribution in [3.8, 4) is 11.6 Å². The third-order valence-corrected chi connectivity index (χ3v) is 5.32. The lowest BCUT2D eigenvalue weighted by Gasteiger charge is -2.08.